The molecule has 0 aliphatic rings. The zero-order valence-corrected chi connectivity index (χ0v) is 12.5. The van der Waals surface area contributed by atoms with E-state index in [1.807, 2.05) is 28.9 Å². The number of halogens is 1. The minimum Gasteiger partial charge on any atom is -0.376 e. The fourth-order valence-electron chi connectivity index (χ4n) is 2.28. The van der Waals surface area contributed by atoms with Crippen molar-refractivity contribution in [2.75, 3.05) is 5.32 Å². The second-order valence-electron chi connectivity index (χ2n) is 4.75. The molecular formula is C15H16ClN5. The van der Waals surface area contributed by atoms with Gasteiger partial charge in [0.1, 0.15) is 12.2 Å². The third-order valence-corrected chi connectivity index (χ3v) is 3.61. The molecule has 1 N–H and O–H groups in total. The van der Waals surface area contributed by atoms with Crippen molar-refractivity contribution in [3.63, 3.8) is 0 Å². The molecule has 0 aliphatic carbocycles. The third kappa shape index (κ3) is 2.83. The minimum atomic E-state index is 0.604. The summed E-state index contributed by atoms with van der Waals surface area (Å²) in [4.78, 5) is 8.70. The molecule has 108 valence electrons. The van der Waals surface area contributed by atoms with Crippen LogP contribution in [0.5, 0.6) is 0 Å². The van der Waals surface area contributed by atoms with Crippen LogP contribution in [-0.4, -0.2) is 19.7 Å². The van der Waals surface area contributed by atoms with E-state index in [2.05, 4.69) is 27.3 Å². The number of fused-ring (bicyclic) bond motifs is 1. The van der Waals surface area contributed by atoms with Gasteiger partial charge in [-0.25, -0.2) is 9.67 Å². The molecular weight excluding hydrogens is 286 g/mol. The van der Waals surface area contributed by atoms with Crippen molar-refractivity contribution in [2.45, 2.75) is 26.4 Å². The number of rotatable bonds is 5. The highest BCUT2D eigenvalue weighted by atomic mass is 35.5. The molecule has 2 aromatic heterocycles. The molecule has 0 amide bonds. The van der Waals surface area contributed by atoms with Gasteiger partial charge < -0.3 is 5.32 Å². The average molecular weight is 302 g/mol. The Morgan fingerprint density at radius 2 is 2.14 bits per heavy atom. The summed E-state index contributed by atoms with van der Waals surface area (Å²) in [6, 6.07) is 7.67. The third-order valence-electron chi connectivity index (χ3n) is 3.28. The number of anilines is 1. The van der Waals surface area contributed by atoms with Crippen molar-refractivity contribution in [3.8, 4) is 0 Å². The predicted octanol–water partition coefficient (Wildman–Crippen LogP) is 3.50. The summed E-state index contributed by atoms with van der Waals surface area (Å²) in [7, 11) is 0. The van der Waals surface area contributed by atoms with Gasteiger partial charge in [-0.05, 0) is 30.7 Å². The van der Waals surface area contributed by atoms with E-state index in [1.165, 1.54) is 0 Å². The topological polar surface area (TPSA) is 55.6 Å². The van der Waals surface area contributed by atoms with Crippen molar-refractivity contribution < 1.29 is 0 Å². The maximum Gasteiger partial charge on any atom is 0.146 e. The molecule has 21 heavy (non-hydrogen) atoms. The molecule has 0 fully saturated rings. The first-order chi connectivity index (χ1) is 10.3. The van der Waals surface area contributed by atoms with Crippen LogP contribution in [0.1, 0.15) is 19.2 Å². The Bertz CT molecular complexity index is 753. The molecule has 1 aromatic carbocycles. The van der Waals surface area contributed by atoms with Crippen LogP contribution in [0.4, 0.5) is 5.69 Å². The Kier molecular flexibility index (Phi) is 4.01. The van der Waals surface area contributed by atoms with Crippen LogP contribution in [0, 0.1) is 0 Å². The fourth-order valence-corrected chi connectivity index (χ4v) is 2.49. The van der Waals surface area contributed by atoms with Gasteiger partial charge in [0.15, 0.2) is 0 Å². The largest absolute Gasteiger partial charge is 0.376 e. The van der Waals surface area contributed by atoms with Crippen molar-refractivity contribution in [2.24, 2.45) is 0 Å². The van der Waals surface area contributed by atoms with E-state index in [9.17, 15) is 0 Å². The lowest BCUT2D eigenvalue weighted by atomic mass is 10.2. The maximum absolute atomic E-state index is 6.20. The first-order valence-electron chi connectivity index (χ1n) is 6.93. The Morgan fingerprint density at radius 3 is 3.00 bits per heavy atom. The van der Waals surface area contributed by atoms with E-state index in [0.717, 1.165) is 35.4 Å². The number of hydrogen-bond donors (Lipinski definition) is 1. The molecule has 0 spiro atoms. The molecule has 0 bridgehead atoms. The lowest BCUT2D eigenvalue weighted by molar-refractivity contribution is 0.574. The van der Waals surface area contributed by atoms with Crippen LogP contribution in [0.15, 0.2) is 36.8 Å². The van der Waals surface area contributed by atoms with E-state index < -0.39 is 0 Å². The summed E-state index contributed by atoms with van der Waals surface area (Å²) in [5.74, 6) is 0.913. The van der Waals surface area contributed by atoms with E-state index in [-0.39, 0.29) is 0 Å². The normalized spacial score (nSPS) is 11.0. The van der Waals surface area contributed by atoms with E-state index in [0.29, 0.717) is 11.6 Å². The first-order valence-corrected chi connectivity index (χ1v) is 7.31. The summed E-state index contributed by atoms with van der Waals surface area (Å²) < 4.78 is 1.92. The van der Waals surface area contributed by atoms with Gasteiger partial charge in [0.2, 0.25) is 0 Å². The van der Waals surface area contributed by atoms with Gasteiger partial charge in [0, 0.05) is 18.1 Å². The van der Waals surface area contributed by atoms with Crippen LogP contribution in [-0.2, 0) is 13.1 Å². The van der Waals surface area contributed by atoms with Gasteiger partial charge in [-0.1, -0.05) is 18.5 Å². The molecule has 5 nitrogen and oxygen atoms in total. The Morgan fingerprint density at radius 1 is 1.24 bits per heavy atom. The highest BCUT2D eigenvalue weighted by Crippen LogP contribution is 2.28. The fraction of sp³-hybridized carbons (Fsp3) is 0.267. The van der Waals surface area contributed by atoms with Crippen molar-refractivity contribution in [1.29, 1.82) is 0 Å². The summed E-state index contributed by atoms with van der Waals surface area (Å²) in [5, 5.41) is 9.25. The second-order valence-corrected chi connectivity index (χ2v) is 5.15. The molecule has 3 aromatic rings. The Labute approximate surface area is 128 Å². The lowest BCUT2D eigenvalue weighted by Crippen LogP contribution is -2.10. The van der Waals surface area contributed by atoms with Gasteiger partial charge in [-0.3, -0.25) is 4.98 Å². The molecule has 3 rings (SSSR count). The number of aryl methyl sites for hydroxylation is 1. The highest BCUT2D eigenvalue weighted by molar-refractivity contribution is 6.35. The van der Waals surface area contributed by atoms with Crippen molar-refractivity contribution in [1.82, 2.24) is 19.7 Å². The second kappa shape index (κ2) is 6.10. The zero-order valence-electron chi connectivity index (χ0n) is 11.8. The number of benzene rings is 1. The molecule has 6 heteroatoms. The van der Waals surface area contributed by atoms with Crippen LogP contribution in [0.2, 0.25) is 5.02 Å². The molecule has 0 unspecified atom stereocenters. The zero-order chi connectivity index (χ0) is 14.7. The summed E-state index contributed by atoms with van der Waals surface area (Å²) >= 11 is 6.20. The predicted molar refractivity (Wildman–Crippen MR) is 84.4 cm³/mol. The molecule has 0 saturated carbocycles. The Hall–Kier alpha value is -2.14. The van der Waals surface area contributed by atoms with Gasteiger partial charge in [0.25, 0.3) is 0 Å². The lowest BCUT2D eigenvalue weighted by Gasteiger charge is -2.10. The van der Waals surface area contributed by atoms with Crippen molar-refractivity contribution >= 4 is 28.2 Å². The van der Waals surface area contributed by atoms with E-state index >= 15 is 0 Å². The standard InChI is InChI=1S/C15H16ClN5/c1-2-8-21-14(19-10-20-21)9-18-13-6-5-12(16)11-4-3-7-17-15(11)13/h3-7,10,18H,2,8-9H2,1H3. The molecule has 0 atom stereocenters. The van der Waals surface area contributed by atoms with Gasteiger partial charge >= 0.3 is 0 Å². The maximum atomic E-state index is 6.20. The molecule has 2 heterocycles. The summed E-state index contributed by atoms with van der Waals surface area (Å²) in [5.41, 5.74) is 1.81. The molecule has 0 saturated heterocycles. The average Bonchev–Trinajstić information content (AvgIpc) is 2.95. The Balaban J connectivity index is 1.85. The number of nitrogens with zero attached hydrogens (tertiary/aromatic N) is 4. The summed E-state index contributed by atoms with van der Waals surface area (Å²) in [6.07, 6.45) is 4.39. The number of aromatic nitrogens is 4. The number of hydrogen-bond acceptors (Lipinski definition) is 4. The van der Waals surface area contributed by atoms with Crippen LogP contribution < -0.4 is 5.32 Å². The van der Waals surface area contributed by atoms with Crippen LogP contribution in [0.3, 0.4) is 0 Å². The van der Waals surface area contributed by atoms with E-state index in [1.54, 1.807) is 12.5 Å². The minimum absolute atomic E-state index is 0.604. The van der Waals surface area contributed by atoms with Gasteiger partial charge in [-0.15, -0.1) is 0 Å². The highest BCUT2D eigenvalue weighted by Gasteiger charge is 2.07. The van der Waals surface area contributed by atoms with Gasteiger partial charge in [-0.2, -0.15) is 5.10 Å². The monoisotopic (exact) mass is 301 g/mol. The smallest absolute Gasteiger partial charge is 0.146 e. The van der Waals surface area contributed by atoms with Crippen LogP contribution in [0.25, 0.3) is 10.9 Å². The molecule has 0 aliphatic heterocycles. The van der Waals surface area contributed by atoms with E-state index in [4.69, 9.17) is 11.6 Å². The summed E-state index contributed by atoms with van der Waals surface area (Å²) in [6.45, 7) is 3.60. The van der Waals surface area contributed by atoms with Gasteiger partial charge in [0.05, 0.1) is 22.8 Å². The number of nitrogens with one attached hydrogen (secondary N) is 1. The first kappa shape index (κ1) is 13.8. The molecule has 0 radical (unpaired) electrons. The van der Waals surface area contributed by atoms with Crippen molar-refractivity contribution in [3.05, 3.63) is 47.6 Å². The SMILES string of the molecule is CCCn1ncnc1CNc1ccc(Cl)c2cccnc12. The number of pyridine rings is 1. The quantitative estimate of drug-likeness (QED) is 0.783. The van der Waals surface area contributed by atoms with Crippen LogP contribution >= 0.6 is 11.6 Å².